The average molecular weight is 911 g/mol. The Morgan fingerprint density at radius 1 is 0.508 bits per heavy atom. The van der Waals surface area contributed by atoms with Gasteiger partial charge < -0.3 is 39.9 Å². The largest absolute Gasteiger partial charge is 0.472 e. The molecule has 0 saturated heterocycles. The Morgan fingerprint density at radius 2 is 0.905 bits per heavy atom. The zero-order valence-electron chi connectivity index (χ0n) is 38.3. The van der Waals surface area contributed by atoms with E-state index in [9.17, 15) is 44.6 Å². The van der Waals surface area contributed by atoms with Crippen LogP contribution in [0.1, 0.15) is 168 Å². The number of unbranched alkanes of at least 4 members (excludes halogenated alkanes) is 14. The summed E-state index contributed by atoms with van der Waals surface area (Å²) >= 11 is 0. The molecule has 1 rings (SSSR count). The minimum absolute atomic E-state index is 0.0525. The van der Waals surface area contributed by atoms with Crippen molar-refractivity contribution in [3.8, 4) is 0 Å². The number of phosphoric acid groups is 1. The monoisotopic (exact) mass is 911 g/mol. The zero-order valence-corrected chi connectivity index (χ0v) is 39.2. The number of aliphatic hydroxyl groups excluding tert-OH is 5. The minimum Gasteiger partial charge on any atom is -0.462 e. The third-order valence-corrected chi connectivity index (χ3v) is 11.5. The van der Waals surface area contributed by atoms with Gasteiger partial charge in [0.25, 0.3) is 0 Å². The summed E-state index contributed by atoms with van der Waals surface area (Å²) in [5, 5.41) is 50.2. The van der Waals surface area contributed by atoms with Gasteiger partial charge in [-0.25, -0.2) is 4.57 Å². The lowest BCUT2D eigenvalue weighted by atomic mass is 9.85. The molecule has 1 saturated carbocycles. The Morgan fingerprint density at radius 3 is 1.41 bits per heavy atom. The van der Waals surface area contributed by atoms with Gasteiger partial charge in [-0.1, -0.05) is 145 Å². The predicted molar refractivity (Wildman–Crippen MR) is 249 cm³/mol. The Labute approximate surface area is 378 Å². The number of aliphatic hydroxyl groups is 5. The fourth-order valence-corrected chi connectivity index (χ4v) is 7.69. The Balaban J connectivity index is 2.49. The number of hydrogen-bond donors (Lipinski definition) is 6. The van der Waals surface area contributed by atoms with Crippen LogP contribution >= 0.6 is 7.82 Å². The highest BCUT2D eigenvalue weighted by molar-refractivity contribution is 7.47. The zero-order chi connectivity index (χ0) is 46.4. The van der Waals surface area contributed by atoms with Crippen molar-refractivity contribution < 1.29 is 63.1 Å². The van der Waals surface area contributed by atoms with E-state index >= 15 is 0 Å². The van der Waals surface area contributed by atoms with Crippen molar-refractivity contribution in [1.29, 1.82) is 0 Å². The third kappa shape index (κ3) is 31.0. The normalized spacial score (nSPS) is 22.3. The summed E-state index contributed by atoms with van der Waals surface area (Å²) in [4.78, 5) is 35.7. The van der Waals surface area contributed by atoms with Gasteiger partial charge in [0.05, 0.1) is 6.61 Å². The molecular weight excluding hydrogens is 828 g/mol. The van der Waals surface area contributed by atoms with Gasteiger partial charge in [-0.15, -0.1) is 0 Å². The standard InChI is InChI=1S/C49H83O13P/c1-3-5-7-9-11-13-15-17-19-20-21-22-24-26-28-30-32-34-36-38-43(51)61-41(40-60-63(57,58)62-49-47(55)45(53)44(52)46(54)48(49)56)39-59-42(50)37-35-33-31-29-27-25-23-18-16-14-12-10-8-6-4-2/h5,7,11,13,17-19,21-23,26,28,41,44-49,52-56H,3-4,6,8-10,12,14-16,20,24-25,27,29-40H2,1-2H3,(H,57,58)/b7-5+,13-11+,19-17+,22-21+,23-18+,28-26+/t41-,44?,45-,46?,47?,48?,49?/m1/s1. The topological polar surface area (TPSA) is 210 Å². The number of hydrogen-bond acceptors (Lipinski definition) is 12. The van der Waals surface area contributed by atoms with Crippen molar-refractivity contribution in [3.63, 3.8) is 0 Å². The molecule has 0 radical (unpaired) electrons. The maximum Gasteiger partial charge on any atom is 0.472 e. The van der Waals surface area contributed by atoms with Crippen LogP contribution in [0, 0.1) is 0 Å². The van der Waals surface area contributed by atoms with Crippen LogP contribution in [0.15, 0.2) is 72.9 Å². The number of allylic oxidation sites excluding steroid dienone is 12. The van der Waals surface area contributed by atoms with E-state index in [0.29, 0.717) is 12.8 Å². The first-order valence-electron chi connectivity index (χ1n) is 23.7. The molecule has 362 valence electrons. The molecule has 0 heterocycles. The highest BCUT2D eigenvalue weighted by Crippen LogP contribution is 2.47. The molecule has 0 aromatic rings. The van der Waals surface area contributed by atoms with Crippen LogP contribution in [-0.4, -0.2) is 98.3 Å². The number of carbonyl (C=O) groups excluding carboxylic acids is 2. The van der Waals surface area contributed by atoms with Gasteiger partial charge in [0.15, 0.2) is 6.10 Å². The third-order valence-electron chi connectivity index (χ3n) is 10.5. The molecule has 6 unspecified atom stereocenters. The second-order valence-corrected chi connectivity index (χ2v) is 17.6. The highest BCUT2D eigenvalue weighted by Gasteiger charge is 2.51. The highest BCUT2D eigenvalue weighted by atomic mass is 31.2. The minimum atomic E-state index is -5.13. The fraction of sp³-hybridized carbons (Fsp3) is 0.714. The second kappa shape index (κ2) is 38.5. The summed E-state index contributed by atoms with van der Waals surface area (Å²) < 4.78 is 33.5. The van der Waals surface area contributed by atoms with Gasteiger partial charge >= 0.3 is 19.8 Å². The maximum absolute atomic E-state index is 12.8. The first-order valence-corrected chi connectivity index (χ1v) is 25.2. The molecule has 8 atom stereocenters. The lowest BCUT2D eigenvalue weighted by molar-refractivity contribution is -0.220. The smallest absolute Gasteiger partial charge is 0.462 e. The van der Waals surface area contributed by atoms with Crippen molar-refractivity contribution in [1.82, 2.24) is 0 Å². The lowest BCUT2D eigenvalue weighted by Crippen LogP contribution is -2.64. The average Bonchev–Trinajstić information content (AvgIpc) is 3.26. The molecule has 0 spiro atoms. The van der Waals surface area contributed by atoms with Crippen molar-refractivity contribution in [3.05, 3.63) is 72.9 Å². The summed E-state index contributed by atoms with van der Waals surface area (Å²) in [5.74, 6) is -1.15. The van der Waals surface area contributed by atoms with Crippen molar-refractivity contribution >= 4 is 19.8 Å². The van der Waals surface area contributed by atoms with Gasteiger partial charge in [-0.3, -0.25) is 18.6 Å². The SMILES string of the molecule is CC/C=C/C/C=C/C/C=C/C/C=C/C/C=C/CCCCCC(=O)O[C@H](COC(=O)CCCCCCC/C=C/CCCCCCCC)COP(=O)(O)OC1C(O)C(O)C(O)[C@@H](O)C1O. The molecule has 0 aliphatic heterocycles. The van der Waals surface area contributed by atoms with Crippen LogP contribution in [0.5, 0.6) is 0 Å². The first kappa shape index (κ1) is 58.3. The molecule has 1 fully saturated rings. The number of carbonyl (C=O) groups is 2. The maximum atomic E-state index is 12.8. The molecule has 0 aromatic carbocycles. The van der Waals surface area contributed by atoms with Crippen molar-refractivity contribution in [2.45, 2.75) is 211 Å². The van der Waals surface area contributed by atoms with E-state index < -0.39 is 75.7 Å². The van der Waals surface area contributed by atoms with Crippen LogP contribution in [0.3, 0.4) is 0 Å². The Hall–Kier alpha value is -2.71. The van der Waals surface area contributed by atoms with Crippen LogP contribution in [-0.2, 0) is 32.7 Å². The van der Waals surface area contributed by atoms with Crippen LogP contribution < -0.4 is 0 Å². The molecule has 0 bridgehead atoms. The van der Waals surface area contributed by atoms with Crippen LogP contribution in [0.2, 0.25) is 0 Å². The summed E-state index contributed by atoms with van der Waals surface area (Å²) in [7, 11) is -5.13. The van der Waals surface area contributed by atoms with E-state index in [1.165, 1.54) is 38.5 Å². The molecule has 6 N–H and O–H groups in total. The molecule has 63 heavy (non-hydrogen) atoms. The summed E-state index contributed by atoms with van der Waals surface area (Å²) in [6, 6.07) is 0. The molecule has 0 amide bonds. The van der Waals surface area contributed by atoms with Gasteiger partial charge in [0, 0.05) is 12.8 Å². The van der Waals surface area contributed by atoms with E-state index in [-0.39, 0.29) is 12.8 Å². The molecule has 1 aliphatic rings. The number of esters is 2. The lowest BCUT2D eigenvalue weighted by Gasteiger charge is -2.41. The second-order valence-electron chi connectivity index (χ2n) is 16.2. The summed E-state index contributed by atoms with van der Waals surface area (Å²) in [6.45, 7) is 3.14. The van der Waals surface area contributed by atoms with Gasteiger partial charge in [0.1, 0.15) is 43.2 Å². The molecule has 1 aliphatic carbocycles. The molecular formula is C49H83O13P. The van der Waals surface area contributed by atoms with E-state index in [2.05, 4.69) is 86.8 Å². The number of ether oxygens (including phenoxy) is 2. The van der Waals surface area contributed by atoms with E-state index in [1.807, 2.05) is 0 Å². The predicted octanol–water partition coefficient (Wildman–Crippen LogP) is 9.50. The molecule has 0 aromatic heterocycles. The quantitative estimate of drug-likeness (QED) is 0.0148. The van der Waals surface area contributed by atoms with E-state index in [0.717, 1.165) is 89.9 Å². The Bertz CT molecular complexity index is 1380. The molecule has 13 nitrogen and oxygen atoms in total. The van der Waals surface area contributed by atoms with E-state index in [4.69, 9.17) is 18.5 Å². The van der Waals surface area contributed by atoms with Crippen molar-refractivity contribution in [2.75, 3.05) is 13.2 Å². The van der Waals surface area contributed by atoms with Crippen molar-refractivity contribution in [2.24, 2.45) is 0 Å². The van der Waals surface area contributed by atoms with Gasteiger partial charge in [0.2, 0.25) is 0 Å². The summed E-state index contributed by atoms with van der Waals surface area (Å²) in [5.41, 5.74) is 0. The summed E-state index contributed by atoms with van der Waals surface area (Å²) in [6.07, 6.45) is 35.2. The van der Waals surface area contributed by atoms with E-state index in [1.54, 1.807) is 0 Å². The fourth-order valence-electron chi connectivity index (χ4n) is 6.72. The number of rotatable bonds is 38. The van der Waals surface area contributed by atoms with Gasteiger partial charge in [-0.2, -0.15) is 0 Å². The van der Waals surface area contributed by atoms with Crippen LogP contribution in [0.4, 0.5) is 0 Å². The first-order chi connectivity index (χ1) is 30.4. The Kier molecular flexibility index (Phi) is 35.7. The molecule has 14 heteroatoms. The van der Waals surface area contributed by atoms with Crippen LogP contribution in [0.25, 0.3) is 0 Å². The van der Waals surface area contributed by atoms with Gasteiger partial charge in [-0.05, 0) is 83.5 Å². The number of phosphoric ester groups is 1.